The molecule has 0 radical (unpaired) electrons. The van der Waals surface area contributed by atoms with E-state index in [4.69, 9.17) is 4.74 Å². The lowest BCUT2D eigenvalue weighted by Gasteiger charge is -2.36. The summed E-state index contributed by atoms with van der Waals surface area (Å²) < 4.78 is 8.15. The van der Waals surface area contributed by atoms with Crippen LogP contribution in [-0.4, -0.2) is 38.2 Å². The quantitative estimate of drug-likeness (QED) is 0.148. The molecule has 4 aromatic carbocycles. The van der Waals surface area contributed by atoms with Crippen molar-refractivity contribution in [3.8, 4) is 11.5 Å². The molecule has 49 heavy (non-hydrogen) atoms. The number of hydrazine groups is 1. The Morgan fingerprint density at radius 2 is 1.65 bits per heavy atom. The van der Waals surface area contributed by atoms with Crippen molar-refractivity contribution < 1.29 is 19.1 Å². The summed E-state index contributed by atoms with van der Waals surface area (Å²) in [6.07, 6.45) is 0.641. The minimum Gasteiger partial charge on any atom is -0.457 e. The van der Waals surface area contributed by atoms with Gasteiger partial charge in [-0.2, -0.15) is 0 Å². The van der Waals surface area contributed by atoms with Gasteiger partial charge >= 0.3 is 0 Å². The molecule has 248 valence electrons. The van der Waals surface area contributed by atoms with Gasteiger partial charge in [0, 0.05) is 45.7 Å². The number of nitrogens with zero attached hydrogens (tertiary/aromatic N) is 2. The summed E-state index contributed by atoms with van der Waals surface area (Å²) in [6.45, 7) is 8.01. The number of hydrogen-bond donors (Lipinski definition) is 3. The van der Waals surface area contributed by atoms with Crippen LogP contribution in [-0.2, 0) is 11.8 Å². The molecule has 0 aliphatic carbocycles. The van der Waals surface area contributed by atoms with Gasteiger partial charge in [-0.15, -0.1) is 0 Å². The number of rotatable bonds is 8. The third-order valence-corrected chi connectivity index (χ3v) is 9.83. The van der Waals surface area contributed by atoms with Crippen molar-refractivity contribution in [1.29, 1.82) is 0 Å². The maximum absolute atomic E-state index is 14.3. The molecule has 3 unspecified atom stereocenters. The number of fused-ring (bicyclic) bond motifs is 3. The molecular weight excluding hydrogens is 614 g/mol. The predicted molar refractivity (Wildman–Crippen MR) is 191 cm³/mol. The van der Waals surface area contributed by atoms with Gasteiger partial charge in [0.15, 0.2) is 0 Å². The normalized spacial score (nSPS) is 15.3. The van der Waals surface area contributed by atoms with Crippen LogP contribution in [0.2, 0.25) is 0 Å². The van der Waals surface area contributed by atoms with Crippen LogP contribution >= 0.6 is 0 Å². The summed E-state index contributed by atoms with van der Waals surface area (Å²) in [5.41, 5.74) is 11.9. The summed E-state index contributed by atoms with van der Waals surface area (Å²) in [5.74, 6) is -0.0282. The van der Waals surface area contributed by atoms with E-state index in [0.29, 0.717) is 17.7 Å². The molecule has 3 heterocycles. The highest BCUT2D eigenvalue weighted by Gasteiger charge is 2.47. The van der Waals surface area contributed by atoms with Crippen molar-refractivity contribution >= 4 is 39.5 Å². The number of ether oxygens (including phenoxy) is 1. The molecule has 3 amide bonds. The van der Waals surface area contributed by atoms with Crippen LogP contribution in [0.25, 0.3) is 21.8 Å². The van der Waals surface area contributed by atoms with E-state index in [2.05, 4.69) is 39.5 Å². The average molecular weight is 654 g/mol. The van der Waals surface area contributed by atoms with E-state index in [0.717, 1.165) is 49.9 Å². The zero-order valence-corrected chi connectivity index (χ0v) is 28.2. The fourth-order valence-electron chi connectivity index (χ4n) is 7.07. The highest BCUT2D eigenvalue weighted by molar-refractivity contribution is 6.04. The number of hydrogen-bond acceptors (Lipinski definition) is 4. The molecule has 0 saturated carbocycles. The van der Waals surface area contributed by atoms with Gasteiger partial charge in [-0.1, -0.05) is 68.8 Å². The number of aromatic amines is 1. The maximum atomic E-state index is 14.3. The molecule has 2 aromatic heterocycles. The Morgan fingerprint density at radius 3 is 2.45 bits per heavy atom. The van der Waals surface area contributed by atoms with Crippen molar-refractivity contribution in [2.45, 2.75) is 46.2 Å². The number of benzene rings is 4. The first-order valence-electron chi connectivity index (χ1n) is 16.6. The Balaban J connectivity index is 1.16. The SMILES string of the molecule is CCC(C)C(C(=O)NNC(=O)c1cc2cc(Oc3cccc(C)c3)ccc2[nH]1)N1C(=O)c2ccccc2C1c1c(C)n(C)c2ccccc12. The Morgan fingerprint density at radius 1 is 0.898 bits per heavy atom. The van der Waals surface area contributed by atoms with Crippen LogP contribution in [0, 0.1) is 19.8 Å². The Labute approximate surface area is 284 Å². The zero-order valence-electron chi connectivity index (χ0n) is 28.2. The maximum Gasteiger partial charge on any atom is 0.286 e. The van der Waals surface area contributed by atoms with Crippen molar-refractivity contribution in [3.05, 3.63) is 131 Å². The number of amides is 3. The monoisotopic (exact) mass is 653 g/mol. The summed E-state index contributed by atoms with van der Waals surface area (Å²) >= 11 is 0. The largest absolute Gasteiger partial charge is 0.457 e. The Hall–Kier alpha value is -5.83. The number of H-pyrrole nitrogens is 1. The molecule has 9 nitrogen and oxygen atoms in total. The second-order valence-corrected chi connectivity index (χ2v) is 12.9. The summed E-state index contributed by atoms with van der Waals surface area (Å²) in [5, 5.41) is 1.82. The molecule has 1 aliphatic rings. The lowest BCUT2D eigenvalue weighted by atomic mass is 9.91. The first-order chi connectivity index (χ1) is 23.7. The van der Waals surface area contributed by atoms with Crippen LogP contribution in [0.5, 0.6) is 11.5 Å². The van der Waals surface area contributed by atoms with Gasteiger partial charge < -0.3 is 19.2 Å². The van der Waals surface area contributed by atoms with Crippen LogP contribution in [0.1, 0.15) is 69.5 Å². The smallest absolute Gasteiger partial charge is 0.286 e. The first-order valence-corrected chi connectivity index (χ1v) is 16.6. The summed E-state index contributed by atoms with van der Waals surface area (Å²) in [4.78, 5) is 46.6. The van der Waals surface area contributed by atoms with E-state index in [9.17, 15) is 14.4 Å². The summed E-state index contributed by atoms with van der Waals surface area (Å²) in [6, 6.07) is 29.4. The topological polar surface area (TPSA) is 108 Å². The van der Waals surface area contributed by atoms with Gasteiger partial charge in [-0.05, 0) is 79.4 Å². The minimum absolute atomic E-state index is 0.209. The molecule has 0 bridgehead atoms. The molecule has 3 atom stereocenters. The van der Waals surface area contributed by atoms with Gasteiger partial charge in [0.2, 0.25) is 0 Å². The highest BCUT2D eigenvalue weighted by Crippen LogP contribution is 2.45. The number of aromatic nitrogens is 2. The summed E-state index contributed by atoms with van der Waals surface area (Å²) in [7, 11) is 2.02. The van der Waals surface area contributed by atoms with E-state index >= 15 is 0 Å². The van der Waals surface area contributed by atoms with Crippen molar-refractivity contribution in [2.24, 2.45) is 13.0 Å². The number of nitrogens with one attached hydrogen (secondary N) is 3. The fourth-order valence-corrected chi connectivity index (χ4v) is 7.07. The Bertz CT molecular complexity index is 2250. The first kappa shape index (κ1) is 31.8. The molecule has 0 fully saturated rings. The van der Waals surface area contributed by atoms with Crippen LogP contribution in [0.4, 0.5) is 0 Å². The molecule has 1 aliphatic heterocycles. The van der Waals surface area contributed by atoms with Gasteiger partial charge in [0.25, 0.3) is 17.7 Å². The van der Waals surface area contributed by atoms with E-state index in [1.54, 1.807) is 11.0 Å². The number of aryl methyl sites for hydroxylation is 2. The second kappa shape index (κ2) is 12.6. The molecule has 7 rings (SSSR count). The predicted octanol–water partition coefficient (Wildman–Crippen LogP) is 7.49. The van der Waals surface area contributed by atoms with Crippen LogP contribution in [0.15, 0.2) is 97.1 Å². The third-order valence-electron chi connectivity index (χ3n) is 9.83. The highest BCUT2D eigenvalue weighted by atomic mass is 16.5. The van der Waals surface area contributed by atoms with Gasteiger partial charge in [0.05, 0.1) is 6.04 Å². The second-order valence-electron chi connectivity index (χ2n) is 12.9. The molecule has 6 aromatic rings. The molecular formula is C40H39N5O4. The van der Waals surface area contributed by atoms with Crippen molar-refractivity contribution in [3.63, 3.8) is 0 Å². The van der Waals surface area contributed by atoms with Crippen molar-refractivity contribution in [2.75, 3.05) is 0 Å². The van der Waals surface area contributed by atoms with E-state index in [-0.39, 0.29) is 17.5 Å². The van der Waals surface area contributed by atoms with Crippen LogP contribution < -0.4 is 15.6 Å². The Kier molecular flexibility index (Phi) is 8.20. The molecule has 3 N–H and O–H groups in total. The van der Waals surface area contributed by atoms with Gasteiger partial charge in [-0.25, -0.2) is 0 Å². The average Bonchev–Trinajstić information content (AvgIpc) is 3.73. The van der Waals surface area contributed by atoms with E-state index in [1.807, 2.05) is 107 Å². The molecule has 0 spiro atoms. The van der Waals surface area contributed by atoms with E-state index in [1.165, 1.54) is 0 Å². The van der Waals surface area contributed by atoms with E-state index < -0.39 is 23.9 Å². The van der Waals surface area contributed by atoms with Gasteiger partial charge in [-0.3, -0.25) is 25.2 Å². The third kappa shape index (κ3) is 5.61. The lowest BCUT2D eigenvalue weighted by Crippen LogP contribution is -2.55. The standard InChI is InChI=1S/C40H39N5O4/c1-6-24(3)36(45-37(29-14-7-8-15-30(29)40(45)48)35-25(4)44(5)34-17-10-9-16-31(34)35)39(47)43-42-38(46)33-22-26-21-28(18-19-32(26)41-33)49-27-13-11-12-23(2)20-27/h7-22,24,36-37,41H,6H2,1-5H3,(H,42,46)(H,43,47). The number of carbonyl (C=O) groups excluding carboxylic acids is 3. The lowest BCUT2D eigenvalue weighted by molar-refractivity contribution is -0.128. The van der Waals surface area contributed by atoms with Crippen LogP contribution in [0.3, 0.4) is 0 Å². The molecule has 9 heteroatoms. The van der Waals surface area contributed by atoms with Gasteiger partial charge in [0.1, 0.15) is 23.2 Å². The molecule has 0 saturated heterocycles. The zero-order chi connectivity index (χ0) is 34.4. The van der Waals surface area contributed by atoms with Crippen molar-refractivity contribution in [1.82, 2.24) is 25.3 Å². The number of carbonyl (C=O) groups is 3. The minimum atomic E-state index is -0.863. The fraction of sp³-hybridized carbons (Fsp3) is 0.225. The number of para-hydroxylation sites is 1.